The van der Waals surface area contributed by atoms with E-state index in [-0.39, 0.29) is 18.9 Å². The summed E-state index contributed by atoms with van der Waals surface area (Å²) in [5.74, 6) is 0. The SMILES string of the molecule is CCCCCCCCCCC=COS(=O)(=O)[O-].[Li+]. The Labute approximate surface area is 123 Å². The molecule has 0 atom stereocenters. The molecule has 18 heavy (non-hydrogen) atoms. The molecular weight excluding hydrogens is 247 g/mol. The summed E-state index contributed by atoms with van der Waals surface area (Å²) < 4.78 is 34.1. The minimum absolute atomic E-state index is 0. The summed E-state index contributed by atoms with van der Waals surface area (Å²) in [6.07, 6.45) is 13.2. The molecule has 0 rings (SSSR count). The number of hydrogen-bond acceptors (Lipinski definition) is 4. The molecule has 0 spiro atoms. The first kappa shape index (κ1) is 20.4. The first-order valence-electron chi connectivity index (χ1n) is 6.35. The van der Waals surface area contributed by atoms with Crippen LogP contribution < -0.4 is 18.9 Å². The number of hydrogen-bond donors (Lipinski definition) is 0. The van der Waals surface area contributed by atoms with Crippen molar-refractivity contribution in [2.75, 3.05) is 0 Å². The van der Waals surface area contributed by atoms with Gasteiger partial charge in [0.2, 0.25) is 0 Å². The molecule has 6 heteroatoms. The third-order valence-corrected chi connectivity index (χ3v) is 2.84. The molecular formula is C12H23LiO4S. The zero-order valence-electron chi connectivity index (χ0n) is 11.6. The molecule has 0 fully saturated rings. The maximum atomic E-state index is 10.1. The predicted octanol–water partition coefficient (Wildman–Crippen LogP) is 0.512. The first-order valence-corrected chi connectivity index (χ1v) is 7.68. The fourth-order valence-corrected chi connectivity index (χ4v) is 1.79. The van der Waals surface area contributed by atoms with Crippen molar-refractivity contribution < 1.29 is 36.0 Å². The standard InChI is InChI=1S/C12H24O4S.Li/c1-2-3-4-5-6-7-8-9-10-11-12-16-17(13,14)15;/h11-12H,2-10H2,1H3,(H,13,14,15);/q;+1/p-1. The van der Waals surface area contributed by atoms with Crippen LogP contribution in [0, 0.1) is 0 Å². The van der Waals surface area contributed by atoms with Crippen LogP contribution in [-0.4, -0.2) is 13.0 Å². The van der Waals surface area contributed by atoms with Crippen LogP contribution in [0.2, 0.25) is 0 Å². The van der Waals surface area contributed by atoms with E-state index in [1.807, 2.05) is 0 Å². The van der Waals surface area contributed by atoms with Gasteiger partial charge in [0.25, 0.3) is 10.4 Å². The Morgan fingerprint density at radius 2 is 1.50 bits per heavy atom. The Kier molecular flexibility index (Phi) is 15.3. The van der Waals surface area contributed by atoms with Crippen LogP contribution in [0.1, 0.15) is 64.7 Å². The summed E-state index contributed by atoms with van der Waals surface area (Å²) in [4.78, 5) is 0. The fourth-order valence-electron chi connectivity index (χ4n) is 1.57. The molecule has 102 valence electrons. The third kappa shape index (κ3) is 18.4. The Bertz CT molecular complexity index is 288. The molecule has 0 aromatic rings. The molecule has 0 bridgehead atoms. The Hall–Kier alpha value is 0.0474. The number of unbranched alkanes of at least 4 members (excludes halogenated alkanes) is 8. The van der Waals surface area contributed by atoms with E-state index in [0.29, 0.717) is 0 Å². The van der Waals surface area contributed by atoms with Crippen LogP contribution in [0.5, 0.6) is 0 Å². The van der Waals surface area contributed by atoms with Gasteiger partial charge in [-0.3, -0.25) is 0 Å². The van der Waals surface area contributed by atoms with Crippen LogP contribution in [0.4, 0.5) is 0 Å². The van der Waals surface area contributed by atoms with Crippen molar-refractivity contribution in [3.05, 3.63) is 12.3 Å². The van der Waals surface area contributed by atoms with Crippen molar-refractivity contribution in [1.29, 1.82) is 0 Å². The van der Waals surface area contributed by atoms with Gasteiger partial charge in [0.1, 0.15) is 6.26 Å². The summed E-state index contributed by atoms with van der Waals surface area (Å²) in [6.45, 7) is 2.20. The topological polar surface area (TPSA) is 66.4 Å². The van der Waals surface area contributed by atoms with Crippen molar-refractivity contribution in [2.24, 2.45) is 0 Å². The summed E-state index contributed by atoms with van der Waals surface area (Å²) in [6, 6.07) is 0. The smallest absolute Gasteiger partial charge is 0.716 e. The maximum absolute atomic E-state index is 10.1. The van der Waals surface area contributed by atoms with Gasteiger partial charge < -0.3 is 8.74 Å². The average Bonchev–Trinajstić information content (AvgIpc) is 2.24. The van der Waals surface area contributed by atoms with Crippen molar-refractivity contribution in [3.63, 3.8) is 0 Å². The molecule has 0 aliphatic rings. The quantitative estimate of drug-likeness (QED) is 0.180. The van der Waals surface area contributed by atoms with Gasteiger partial charge in [-0.15, -0.1) is 0 Å². The first-order chi connectivity index (χ1) is 8.06. The van der Waals surface area contributed by atoms with Crippen molar-refractivity contribution in [1.82, 2.24) is 0 Å². The zero-order valence-corrected chi connectivity index (χ0v) is 12.4. The van der Waals surface area contributed by atoms with E-state index < -0.39 is 10.4 Å². The van der Waals surface area contributed by atoms with Crippen LogP contribution in [-0.2, 0) is 14.6 Å². The molecule has 0 aromatic carbocycles. The van der Waals surface area contributed by atoms with Crippen LogP contribution in [0.3, 0.4) is 0 Å². The van der Waals surface area contributed by atoms with Crippen molar-refractivity contribution in [3.8, 4) is 0 Å². The monoisotopic (exact) mass is 270 g/mol. The zero-order chi connectivity index (χ0) is 13.0. The van der Waals surface area contributed by atoms with Crippen LogP contribution in [0.15, 0.2) is 12.3 Å². The molecule has 0 unspecified atom stereocenters. The molecule has 0 aliphatic heterocycles. The van der Waals surface area contributed by atoms with E-state index in [9.17, 15) is 13.0 Å². The van der Waals surface area contributed by atoms with Gasteiger partial charge in [-0.1, -0.05) is 51.9 Å². The van der Waals surface area contributed by atoms with Gasteiger partial charge in [0, 0.05) is 0 Å². The maximum Gasteiger partial charge on any atom is 1.00 e. The third-order valence-electron chi connectivity index (χ3n) is 2.49. The van der Waals surface area contributed by atoms with Gasteiger partial charge in [0.05, 0.1) is 0 Å². The predicted molar refractivity (Wildman–Crippen MR) is 67.1 cm³/mol. The van der Waals surface area contributed by atoms with Gasteiger partial charge in [0.15, 0.2) is 0 Å². The summed E-state index contributed by atoms with van der Waals surface area (Å²) in [5, 5.41) is 0. The van der Waals surface area contributed by atoms with E-state index in [0.717, 1.165) is 25.5 Å². The normalized spacial score (nSPS) is 11.4. The Morgan fingerprint density at radius 1 is 1.00 bits per heavy atom. The van der Waals surface area contributed by atoms with Gasteiger partial charge in [-0.05, 0) is 18.9 Å². The van der Waals surface area contributed by atoms with E-state index >= 15 is 0 Å². The summed E-state index contributed by atoms with van der Waals surface area (Å²) >= 11 is 0. The molecule has 0 N–H and O–H groups in total. The second kappa shape index (κ2) is 13.5. The molecule has 0 aliphatic carbocycles. The number of rotatable bonds is 11. The van der Waals surface area contributed by atoms with E-state index in [1.165, 1.54) is 38.5 Å². The second-order valence-corrected chi connectivity index (χ2v) is 5.15. The Morgan fingerprint density at radius 3 is 2.00 bits per heavy atom. The average molecular weight is 270 g/mol. The molecule has 0 heterocycles. The molecule has 0 amide bonds. The second-order valence-electron chi connectivity index (χ2n) is 4.14. The van der Waals surface area contributed by atoms with Crippen molar-refractivity contribution >= 4 is 10.4 Å². The fraction of sp³-hybridized carbons (Fsp3) is 0.833. The summed E-state index contributed by atoms with van der Waals surface area (Å²) in [5.41, 5.74) is 0. The van der Waals surface area contributed by atoms with Gasteiger partial charge in [-0.2, -0.15) is 0 Å². The van der Waals surface area contributed by atoms with Crippen LogP contribution in [0.25, 0.3) is 0 Å². The minimum Gasteiger partial charge on any atom is -0.716 e. The van der Waals surface area contributed by atoms with Gasteiger partial charge >= 0.3 is 18.9 Å². The number of allylic oxidation sites excluding steroid dienone is 1. The minimum atomic E-state index is -4.57. The van der Waals surface area contributed by atoms with Crippen LogP contribution >= 0.6 is 0 Å². The largest absolute Gasteiger partial charge is 1.00 e. The van der Waals surface area contributed by atoms with Gasteiger partial charge in [-0.25, -0.2) is 8.42 Å². The van der Waals surface area contributed by atoms with E-state index in [4.69, 9.17) is 0 Å². The molecule has 0 radical (unpaired) electrons. The molecule has 0 saturated heterocycles. The molecule has 4 nitrogen and oxygen atoms in total. The van der Waals surface area contributed by atoms with E-state index in [2.05, 4.69) is 11.1 Å². The Balaban J connectivity index is 0. The van der Waals surface area contributed by atoms with Crippen molar-refractivity contribution in [2.45, 2.75) is 64.7 Å². The summed E-state index contributed by atoms with van der Waals surface area (Å²) in [7, 11) is -4.57. The molecule has 0 aromatic heterocycles. The van der Waals surface area contributed by atoms with E-state index in [1.54, 1.807) is 6.08 Å². The molecule has 0 saturated carbocycles.